The Kier molecular flexibility index (Phi) is 2.89. The highest BCUT2D eigenvalue weighted by Crippen LogP contribution is 2.45. The molecule has 1 fully saturated rings. The number of ether oxygens (including phenoxy) is 2. The summed E-state index contributed by atoms with van der Waals surface area (Å²) in [5.74, 6) is 0.949. The first-order valence-electron chi connectivity index (χ1n) is 6.04. The summed E-state index contributed by atoms with van der Waals surface area (Å²) >= 11 is 0. The fourth-order valence-corrected chi connectivity index (χ4v) is 2.31. The molecule has 0 aliphatic carbocycles. The number of fused-ring (bicyclic) bond motifs is 1. The Labute approximate surface area is 105 Å². The lowest BCUT2D eigenvalue weighted by Gasteiger charge is -2.36. The van der Waals surface area contributed by atoms with Crippen molar-refractivity contribution in [1.29, 1.82) is 0 Å². The number of rotatable bonds is 1. The van der Waals surface area contributed by atoms with E-state index in [4.69, 9.17) is 9.47 Å². The molecule has 3 rings (SSSR count). The smallest absolute Gasteiger partial charge is 0.205 e. The maximum absolute atomic E-state index is 10.00. The maximum Gasteiger partial charge on any atom is 0.205 e. The maximum atomic E-state index is 10.00. The van der Waals surface area contributed by atoms with Gasteiger partial charge < -0.3 is 29.9 Å². The number of nitrogens with one attached hydrogen (secondary N) is 1. The van der Waals surface area contributed by atoms with Crippen LogP contribution in [0, 0.1) is 0 Å². The Balaban J connectivity index is 2.01. The first-order chi connectivity index (χ1) is 8.77. The number of hydrogen-bond donors (Lipinski definition) is 3. The summed E-state index contributed by atoms with van der Waals surface area (Å²) in [6, 6.07) is 3.31. The van der Waals surface area contributed by atoms with Gasteiger partial charge in [-0.3, -0.25) is 0 Å². The van der Waals surface area contributed by atoms with Crippen molar-refractivity contribution in [3.05, 3.63) is 12.1 Å². The monoisotopic (exact) mass is 252 g/mol. The molecule has 2 aliphatic rings. The third kappa shape index (κ3) is 1.83. The van der Waals surface area contributed by atoms with E-state index in [0.29, 0.717) is 37.8 Å². The van der Waals surface area contributed by atoms with Crippen molar-refractivity contribution in [2.24, 2.45) is 0 Å². The van der Waals surface area contributed by atoms with E-state index in [2.05, 4.69) is 5.32 Å². The van der Waals surface area contributed by atoms with Crippen molar-refractivity contribution in [1.82, 2.24) is 5.32 Å². The number of phenolic OH excluding ortho intramolecular Hbond substituents is 1. The van der Waals surface area contributed by atoms with Crippen LogP contribution >= 0.6 is 0 Å². The van der Waals surface area contributed by atoms with E-state index >= 15 is 0 Å². The van der Waals surface area contributed by atoms with Crippen LogP contribution in [0.25, 0.3) is 0 Å². The minimum absolute atomic E-state index is 0.0677. The SMILES string of the molecule is Oc1ccc(N2CCNCC2O)c2c1OCCO2. The van der Waals surface area contributed by atoms with Gasteiger partial charge in [-0.1, -0.05) is 0 Å². The van der Waals surface area contributed by atoms with Gasteiger partial charge in [0.2, 0.25) is 5.75 Å². The molecule has 3 N–H and O–H groups in total. The van der Waals surface area contributed by atoms with E-state index in [-0.39, 0.29) is 5.75 Å². The molecule has 1 unspecified atom stereocenters. The van der Waals surface area contributed by atoms with Crippen molar-refractivity contribution < 1.29 is 19.7 Å². The fraction of sp³-hybridized carbons (Fsp3) is 0.500. The number of aliphatic hydroxyl groups is 1. The average Bonchev–Trinajstić information content (AvgIpc) is 2.41. The number of hydrogen-bond acceptors (Lipinski definition) is 6. The number of nitrogens with zero attached hydrogens (tertiary/aromatic N) is 1. The molecule has 1 saturated heterocycles. The van der Waals surface area contributed by atoms with Crippen molar-refractivity contribution >= 4 is 5.69 Å². The lowest BCUT2D eigenvalue weighted by Crippen LogP contribution is -2.51. The van der Waals surface area contributed by atoms with Crippen molar-refractivity contribution in [2.75, 3.05) is 37.7 Å². The Morgan fingerprint density at radius 1 is 1.22 bits per heavy atom. The fourth-order valence-electron chi connectivity index (χ4n) is 2.31. The van der Waals surface area contributed by atoms with Crippen molar-refractivity contribution in [2.45, 2.75) is 6.23 Å². The van der Waals surface area contributed by atoms with Gasteiger partial charge in [0.1, 0.15) is 19.4 Å². The van der Waals surface area contributed by atoms with Crippen LogP contribution in [0.3, 0.4) is 0 Å². The zero-order valence-electron chi connectivity index (χ0n) is 9.93. The van der Waals surface area contributed by atoms with Crippen LogP contribution in [0.4, 0.5) is 5.69 Å². The average molecular weight is 252 g/mol. The molecule has 0 bridgehead atoms. The second-order valence-electron chi connectivity index (χ2n) is 4.34. The predicted octanol–water partition coefficient (Wildman–Crippen LogP) is -0.109. The van der Waals surface area contributed by atoms with E-state index in [0.717, 1.165) is 12.2 Å². The molecule has 0 spiro atoms. The molecule has 0 saturated carbocycles. The number of piperazine rings is 1. The highest BCUT2D eigenvalue weighted by Gasteiger charge is 2.27. The van der Waals surface area contributed by atoms with Crippen LogP contribution in [0.2, 0.25) is 0 Å². The molecular formula is C12H16N2O4. The normalized spacial score (nSPS) is 22.9. The van der Waals surface area contributed by atoms with Crippen molar-refractivity contribution in [3.8, 4) is 17.2 Å². The Bertz CT molecular complexity index is 452. The van der Waals surface area contributed by atoms with Gasteiger partial charge in [0, 0.05) is 19.6 Å². The zero-order valence-corrected chi connectivity index (χ0v) is 9.93. The van der Waals surface area contributed by atoms with Crippen LogP contribution < -0.4 is 19.7 Å². The summed E-state index contributed by atoms with van der Waals surface area (Å²) < 4.78 is 11.0. The number of benzene rings is 1. The molecule has 18 heavy (non-hydrogen) atoms. The standard InChI is InChI=1S/C12H16N2O4/c15-9-2-1-8(11-12(9)18-6-5-17-11)14-4-3-13-7-10(14)16/h1-2,10,13,15-16H,3-7H2. The second kappa shape index (κ2) is 4.55. The number of anilines is 1. The van der Waals surface area contributed by atoms with Gasteiger partial charge in [-0.25, -0.2) is 0 Å². The molecule has 0 amide bonds. The van der Waals surface area contributed by atoms with Gasteiger partial charge in [0.05, 0.1) is 5.69 Å². The molecule has 1 atom stereocenters. The number of phenols is 1. The molecule has 6 nitrogen and oxygen atoms in total. The molecule has 1 aromatic carbocycles. The molecule has 2 aliphatic heterocycles. The van der Waals surface area contributed by atoms with Crippen LogP contribution in [-0.2, 0) is 0 Å². The van der Waals surface area contributed by atoms with E-state index in [1.807, 2.05) is 4.90 Å². The van der Waals surface area contributed by atoms with E-state index < -0.39 is 6.23 Å². The predicted molar refractivity (Wildman–Crippen MR) is 65.3 cm³/mol. The van der Waals surface area contributed by atoms with Crippen molar-refractivity contribution in [3.63, 3.8) is 0 Å². The molecule has 2 heterocycles. The first-order valence-corrected chi connectivity index (χ1v) is 6.04. The third-order valence-corrected chi connectivity index (χ3v) is 3.17. The Hall–Kier alpha value is -1.66. The molecule has 98 valence electrons. The minimum atomic E-state index is -0.599. The summed E-state index contributed by atoms with van der Waals surface area (Å²) in [5, 5.41) is 22.9. The van der Waals surface area contributed by atoms with Gasteiger partial charge in [0.25, 0.3) is 0 Å². The van der Waals surface area contributed by atoms with Gasteiger partial charge in [0.15, 0.2) is 11.5 Å². The summed E-state index contributed by atoms with van der Waals surface area (Å²) in [6.45, 7) is 2.87. The van der Waals surface area contributed by atoms with Gasteiger partial charge in [-0.15, -0.1) is 0 Å². The third-order valence-electron chi connectivity index (χ3n) is 3.17. The highest BCUT2D eigenvalue weighted by molar-refractivity contribution is 5.69. The zero-order chi connectivity index (χ0) is 12.5. The molecule has 0 aromatic heterocycles. The van der Waals surface area contributed by atoms with E-state index in [1.165, 1.54) is 0 Å². The van der Waals surface area contributed by atoms with E-state index in [9.17, 15) is 10.2 Å². The molecule has 6 heteroatoms. The quantitative estimate of drug-likeness (QED) is 0.647. The summed E-state index contributed by atoms with van der Waals surface area (Å²) in [4.78, 5) is 1.85. The van der Waals surface area contributed by atoms with Crippen LogP contribution in [0.5, 0.6) is 17.2 Å². The molecular weight excluding hydrogens is 236 g/mol. The van der Waals surface area contributed by atoms with Gasteiger partial charge in [-0.05, 0) is 12.1 Å². The van der Waals surface area contributed by atoms with Gasteiger partial charge >= 0.3 is 0 Å². The Morgan fingerprint density at radius 2 is 2.00 bits per heavy atom. The largest absolute Gasteiger partial charge is 0.504 e. The summed E-state index contributed by atoms with van der Waals surface area (Å²) in [7, 11) is 0. The highest BCUT2D eigenvalue weighted by atomic mass is 16.6. The molecule has 0 radical (unpaired) electrons. The van der Waals surface area contributed by atoms with Crippen LogP contribution in [0.1, 0.15) is 0 Å². The topological polar surface area (TPSA) is 74.2 Å². The second-order valence-corrected chi connectivity index (χ2v) is 4.34. The Morgan fingerprint density at radius 3 is 2.78 bits per heavy atom. The number of aromatic hydroxyl groups is 1. The summed E-state index contributed by atoms with van der Waals surface area (Å²) in [6.07, 6.45) is -0.599. The summed E-state index contributed by atoms with van der Waals surface area (Å²) in [5.41, 5.74) is 0.761. The lowest BCUT2D eigenvalue weighted by molar-refractivity contribution is 0.144. The van der Waals surface area contributed by atoms with Crippen LogP contribution in [-0.4, -0.2) is 49.3 Å². The molecule has 1 aromatic rings. The minimum Gasteiger partial charge on any atom is -0.504 e. The lowest BCUT2D eigenvalue weighted by atomic mass is 10.2. The van der Waals surface area contributed by atoms with Crippen LogP contribution in [0.15, 0.2) is 12.1 Å². The number of β-amino-alcohol motifs (C(OH)–C–C–N with tert-alkyl or cyclic N) is 1. The van der Waals surface area contributed by atoms with E-state index in [1.54, 1.807) is 12.1 Å². The first kappa shape index (κ1) is 11.4. The number of aliphatic hydroxyl groups excluding tert-OH is 1. The van der Waals surface area contributed by atoms with Gasteiger partial charge in [-0.2, -0.15) is 0 Å².